The summed E-state index contributed by atoms with van der Waals surface area (Å²) in [7, 11) is -3.30. The second-order valence-corrected chi connectivity index (χ2v) is 7.65. The standard InChI is InChI=1S/C13H25N3O4S/c17-13(15-12-4-2-1-3-5-12)14-6-11-21(18,19)16-7-9-20-10-8-16/h12H,1-11H2,(H2,14,15,17). The van der Waals surface area contributed by atoms with Crippen LogP contribution in [0.25, 0.3) is 0 Å². The number of hydrogen-bond donors (Lipinski definition) is 2. The lowest BCUT2D eigenvalue weighted by molar-refractivity contribution is 0.0730. The molecule has 1 aliphatic carbocycles. The van der Waals surface area contributed by atoms with Crippen LogP contribution in [0.2, 0.25) is 0 Å². The Balaban J connectivity index is 1.66. The van der Waals surface area contributed by atoms with E-state index in [-0.39, 0.29) is 24.4 Å². The zero-order chi connectivity index (χ0) is 15.1. The Labute approximate surface area is 126 Å². The third kappa shape index (κ3) is 5.44. The number of carbonyl (C=O) groups is 1. The number of hydrogen-bond acceptors (Lipinski definition) is 4. The summed E-state index contributed by atoms with van der Waals surface area (Å²) >= 11 is 0. The SMILES string of the molecule is O=C(NCCS(=O)(=O)N1CCOCC1)NC1CCCCC1. The first kappa shape index (κ1) is 16.5. The molecule has 0 unspecified atom stereocenters. The van der Waals surface area contributed by atoms with Crippen molar-refractivity contribution in [3.05, 3.63) is 0 Å². The van der Waals surface area contributed by atoms with Gasteiger partial charge in [0, 0.05) is 25.7 Å². The number of urea groups is 1. The van der Waals surface area contributed by atoms with Crippen LogP contribution in [0.3, 0.4) is 0 Å². The number of morpholine rings is 1. The molecule has 122 valence electrons. The first-order chi connectivity index (χ1) is 10.1. The highest BCUT2D eigenvalue weighted by Crippen LogP contribution is 2.17. The third-order valence-electron chi connectivity index (χ3n) is 3.95. The Kier molecular flexibility index (Phi) is 6.25. The monoisotopic (exact) mass is 319 g/mol. The summed E-state index contributed by atoms with van der Waals surface area (Å²) in [4.78, 5) is 11.7. The molecule has 0 radical (unpaired) electrons. The number of nitrogens with zero attached hydrogens (tertiary/aromatic N) is 1. The smallest absolute Gasteiger partial charge is 0.315 e. The summed E-state index contributed by atoms with van der Waals surface area (Å²) in [6, 6.07) is -0.0336. The number of amides is 2. The fourth-order valence-corrected chi connectivity index (χ4v) is 4.05. The molecule has 2 rings (SSSR count). The van der Waals surface area contributed by atoms with Crippen molar-refractivity contribution in [2.75, 3.05) is 38.6 Å². The highest BCUT2D eigenvalue weighted by molar-refractivity contribution is 7.89. The number of ether oxygens (including phenoxy) is 1. The summed E-state index contributed by atoms with van der Waals surface area (Å²) in [5.74, 6) is -0.0644. The summed E-state index contributed by atoms with van der Waals surface area (Å²) in [6.45, 7) is 1.81. The molecular formula is C13H25N3O4S. The largest absolute Gasteiger partial charge is 0.379 e. The fourth-order valence-electron chi connectivity index (χ4n) is 2.73. The number of nitrogens with one attached hydrogen (secondary N) is 2. The minimum Gasteiger partial charge on any atom is -0.379 e. The van der Waals surface area contributed by atoms with Crippen molar-refractivity contribution in [2.24, 2.45) is 0 Å². The molecule has 0 atom stereocenters. The minimum atomic E-state index is -3.30. The molecule has 1 aliphatic heterocycles. The predicted octanol–water partition coefficient (Wildman–Crippen LogP) is 0.280. The topological polar surface area (TPSA) is 87.7 Å². The van der Waals surface area contributed by atoms with Crippen LogP contribution in [0, 0.1) is 0 Å². The minimum absolute atomic E-state index is 0.0644. The molecule has 2 fully saturated rings. The molecule has 0 spiro atoms. The van der Waals surface area contributed by atoms with E-state index in [4.69, 9.17) is 4.74 Å². The Bertz CT molecular complexity index is 429. The highest BCUT2D eigenvalue weighted by Gasteiger charge is 2.24. The van der Waals surface area contributed by atoms with Crippen molar-refractivity contribution in [3.8, 4) is 0 Å². The van der Waals surface area contributed by atoms with Gasteiger partial charge < -0.3 is 15.4 Å². The van der Waals surface area contributed by atoms with E-state index in [1.165, 1.54) is 10.7 Å². The predicted molar refractivity (Wildman–Crippen MR) is 79.6 cm³/mol. The van der Waals surface area contributed by atoms with Gasteiger partial charge in [-0.3, -0.25) is 0 Å². The average Bonchev–Trinajstić information content (AvgIpc) is 2.49. The van der Waals surface area contributed by atoms with Gasteiger partial charge in [-0.25, -0.2) is 13.2 Å². The first-order valence-corrected chi connectivity index (χ1v) is 9.29. The van der Waals surface area contributed by atoms with E-state index in [9.17, 15) is 13.2 Å². The van der Waals surface area contributed by atoms with E-state index in [2.05, 4.69) is 10.6 Å². The van der Waals surface area contributed by atoms with Gasteiger partial charge in [0.1, 0.15) is 0 Å². The number of carbonyl (C=O) groups excluding carboxylic acids is 1. The molecule has 7 nitrogen and oxygen atoms in total. The Morgan fingerprint density at radius 3 is 2.48 bits per heavy atom. The van der Waals surface area contributed by atoms with Gasteiger partial charge in [0.2, 0.25) is 10.0 Å². The molecule has 0 aromatic heterocycles. The first-order valence-electron chi connectivity index (χ1n) is 7.68. The molecule has 1 saturated carbocycles. The highest BCUT2D eigenvalue weighted by atomic mass is 32.2. The lowest BCUT2D eigenvalue weighted by Gasteiger charge is -2.26. The van der Waals surface area contributed by atoms with Gasteiger partial charge in [0.25, 0.3) is 0 Å². The van der Waals surface area contributed by atoms with Gasteiger partial charge in [0.15, 0.2) is 0 Å². The van der Waals surface area contributed by atoms with Gasteiger partial charge >= 0.3 is 6.03 Å². The van der Waals surface area contributed by atoms with Crippen LogP contribution >= 0.6 is 0 Å². The van der Waals surface area contributed by atoms with Crippen LogP contribution < -0.4 is 10.6 Å². The van der Waals surface area contributed by atoms with Crippen molar-refractivity contribution < 1.29 is 17.9 Å². The van der Waals surface area contributed by atoms with E-state index >= 15 is 0 Å². The molecule has 0 aromatic rings. The summed E-state index contributed by atoms with van der Waals surface area (Å²) in [5, 5.41) is 5.54. The summed E-state index contributed by atoms with van der Waals surface area (Å²) < 4.78 is 30.7. The van der Waals surface area contributed by atoms with Crippen molar-refractivity contribution in [3.63, 3.8) is 0 Å². The number of sulfonamides is 1. The fraction of sp³-hybridized carbons (Fsp3) is 0.923. The molecule has 2 aliphatic rings. The lowest BCUT2D eigenvalue weighted by atomic mass is 9.96. The molecule has 21 heavy (non-hydrogen) atoms. The van der Waals surface area contributed by atoms with Crippen molar-refractivity contribution in [1.82, 2.24) is 14.9 Å². The maximum atomic E-state index is 12.1. The van der Waals surface area contributed by atoms with Crippen molar-refractivity contribution >= 4 is 16.1 Å². The van der Waals surface area contributed by atoms with Gasteiger partial charge in [-0.05, 0) is 12.8 Å². The third-order valence-corrected chi connectivity index (χ3v) is 5.82. The molecule has 2 amide bonds. The molecule has 8 heteroatoms. The second kappa shape index (κ2) is 7.95. The maximum Gasteiger partial charge on any atom is 0.315 e. The zero-order valence-corrected chi connectivity index (χ0v) is 13.2. The van der Waals surface area contributed by atoms with Gasteiger partial charge in [-0.15, -0.1) is 0 Å². The Morgan fingerprint density at radius 2 is 1.81 bits per heavy atom. The van der Waals surface area contributed by atoms with E-state index in [0.29, 0.717) is 26.3 Å². The van der Waals surface area contributed by atoms with Crippen LogP contribution in [0.15, 0.2) is 0 Å². The summed E-state index contributed by atoms with van der Waals surface area (Å²) in [6.07, 6.45) is 5.56. The maximum absolute atomic E-state index is 12.1. The van der Waals surface area contributed by atoms with E-state index in [1.54, 1.807) is 0 Å². The van der Waals surface area contributed by atoms with Crippen molar-refractivity contribution in [1.29, 1.82) is 0 Å². The molecule has 0 aromatic carbocycles. The molecule has 1 heterocycles. The van der Waals surface area contributed by atoms with Gasteiger partial charge in [-0.1, -0.05) is 19.3 Å². The van der Waals surface area contributed by atoms with Crippen LogP contribution in [0.5, 0.6) is 0 Å². The average molecular weight is 319 g/mol. The van der Waals surface area contributed by atoms with Crippen LogP contribution in [-0.2, 0) is 14.8 Å². The molecular weight excluding hydrogens is 294 g/mol. The Hall–Kier alpha value is -0.860. The van der Waals surface area contributed by atoms with E-state index in [1.807, 2.05) is 0 Å². The van der Waals surface area contributed by atoms with Crippen LogP contribution in [-0.4, -0.2) is 63.4 Å². The summed E-state index contributed by atoms with van der Waals surface area (Å²) in [5.41, 5.74) is 0. The van der Waals surface area contributed by atoms with Crippen LogP contribution in [0.4, 0.5) is 4.79 Å². The van der Waals surface area contributed by atoms with E-state index < -0.39 is 10.0 Å². The van der Waals surface area contributed by atoms with E-state index in [0.717, 1.165) is 25.7 Å². The van der Waals surface area contributed by atoms with Gasteiger partial charge in [0.05, 0.1) is 19.0 Å². The molecule has 2 N–H and O–H groups in total. The zero-order valence-electron chi connectivity index (χ0n) is 12.3. The number of rotatable bonds is 5. The quantitative estimate of drug-likeness (QED) is 0.762. The molecule has 1 saturated heterocycles. The van der Waals surface area contributed by atoms with Gasteiger partial charge in [-0.2, -0.15) is 4.31 Å². The Morgan fingerprint density at radius 1 is 1.14 bits per heavy atom. The second-order valence-electron chi connectivity index (χ2n) is 5.56. The van der Waals surface area contributed by atoms with Crippen molar-refractivity contribution in [2.45, 2.75) is 38.1 Å². The normalized spacial score (nSPS) is 21.9. The molecule has 0 bridgehead atoms. The van der Waals surface area contributed by atoms with Crippen LogP contribution in [0.1, 0.15) is 32.1 Å². The lowest BCUT2D eigenvalue weighted by Crippen LogP contribution is -2.46.